The Morgan fingerprint density at radius 2 is 2.00 bits per heavy atom. The molecule has 1 saturated carbocycles. The number of piperidine rings is 1. The maximum atomic E-state index is 13.3. The van der Waals surface area contributed by atoms with Gasteiger partial charge in [-0.25, -0.2) is 0 Å². The number of hydrogen-bond donors (Lipinski definition) is 1. The number of thiophene rings is 1. The Morgan fingerprint density at radius 1 is 1.23 bits per heavy atom. The lowest BCUT2D eigenvalue weighted by atomic mass is 9.71. The Balaban J connectivity index is 1.85. The van der Waals surface area contributed by atoms with Crippen LogP contribution in [0.2, 0.25) is 0 Å². The summed E-state index contributed by atoms with van der Waals surface area (Å²) in [6.45, 7) is 1.08. The molecule has 5 heteroatoms. The molecule has 2 heterocycles. The molecule has 0 bridgehead atoms. The van der Waals surface area contributed by atoms with E-state index in [9.17, 15) is 14.7 Å². The lowest BCUT2D eigenvalue weighted by Gasteiger charge is -2.41. The van der Waals surface area contributed by atoms with Crippen molar-refractivity contribution in [1.82, 2.24) is 4.90 Å². The summed E-state index contributed by atoms with van der Waals surface area (Å²) in [5.41, 5.74) is -0.396. The highest BCUT2D eigenvalue weighted by molar-refractivity contribution is 7.10. The number of amides is 1. The summed E-state index contributed by atoms with van der Waals surface area (Å²) in [5.74, 6) is -1.01. The van der Waals surface area contributed by atoms with E-state index < -0.39 is 17.3 Å². The number of hydrogen-bond acceptors (Lipinski definition) is 3. The summed E-state index contributed by atoms with van der Waals surface area (Å²) in [6, 6.07) is 4.09. The Bertz CT molecular complexity index is 534. The van der Waals surface area contributed by atoms with Crippen molar-refractivity contribution in [2.75, 3.05) is 13.1 Å². The number of carbonyl (C=O) groups excluding carboxylic acids is 1. The van der Waals surface area contributed by atoms with Crippen molar-refractivity contribution >= 4 is 23.2 Å². The Kier molecular flexibility index (Phi) is 4.52. The molecular formula is C17H23NO3S. The highest BCUT2D eigenvalue weighted by atomic mass is 32.1. The molecular weight excluding hydrogens is 298 g/mol. The largest absolute Gasteiger partial charge is 0.481 e. The van der Waals surface area contributed by atoms with Gasteiger partial charge in [-0.3, -0.25) is 9.59 Å². The second-order valence-corrected chi connectivity index (χ2v) is 7.50. The van der Waals surface area contributed by atoms with Gasteiger partial charge in [-0.1, -0.05) is 25.3 Å². The van der Waals surface area contributed by atoms with Crippen molar-refractivity contribution < 1.29 is 14.7 Å². The molecule has 1 unspecified atom stereocenters. The number of carboxylic acid groups (broad SMARTS) is 1. The molecule has 1 aromatic heterocycles. The number of carbonyl (C=O) groups is 2. The molecule has 2 aliphatic rings. The Labute approximate surface area is 135 Å². The average molecular weight is 321 g/mol. The van der Waals surface area contributed by atoms with Crippen LogP contribution < -0.4 is 0 Å². The van der Waals surface area contributed by atoms with E-state index in [2.05, 4.69) is 6.07 Å². The van der Waals surface area contributed by atoms with Crippen LogP contribution in [0.25, 0.3) is 0 Å². The van der Waals surface area contributed by atoms with Gasteiger partial charge in [0.2, 0.25) is 5.91 Å². The first-order chi connectivity index (χ1) is 10.6. The molecule has 0 spiro atoms. The third-order valence-corrected chi connectivity index (χ3v) is 6.24. The van der Waals surface area contributed by atoms with E-state index >= 15 is 0 Å². The van der Waals surface area contributed by atoms with Crippen LogP contribution in [-0.4, -0.2) is 35.0 Å². The van der Waals surface area contributed by atoms with Crippen molar-refractivity contribution in [2.45, 2.75) is 50.4 Å². The van der Waals surface area contributed by atoms with Crippen molar-refractivity contribution in [2.24, 2.45) is 5.92 Å². The van der Waals surface area contributed by atoms with Crippen LogP contribution in [0.15, 0.2) is 17.5 Å². The molecule has 1 aliphatic carbocycles. The molecule has 2 fully saturated rings. The second kappa shape index (κ2) is 6.41. The fraction of sp³-hybridized carbons (Fsp3) is 0.647. The number of nitrogens with zero attached hydrogens (tertiary/aromatic N) is 1. The van der Waals surface area contributed by atoms with E-state index in [0.29, 0.717) is 19.5 Å². The molecule has 1 amide bonds. The lowest BCUT2D eigenvalue weighted by Crippen LogP contribution is -2.51. The van der Waals surface area contributed by atoms with Crippen LogP contribution in [0.5, 0.6) is 0 Å². The predicted octanol–water partition coefficient (Wildman–Crippen LogP) is 3.27. The molecule has 1 saturated heterocycles. The molecule has 3 rings (SSSR count). The molecule has 1 atom stereocenters. The monoisotopic (exact) mass is 321 g/mol. The molecule has 120 valence electrons. The fourth-order valence-corrected chi connectivity index (χ4v) is 4.92. The van der Waals surface area contributed by atoms with Gasteiger partial charge in [0.25, 0.3) is 0 Å². The minimum absolute atomic E-state index is 0.167. The fourth-order valence-electron chi connectivity index (χ4n) is 3.94. The topological polar surface area (TPSA) is 57.6 Å². The highest BCUT2D eigenvalue weighted by Crippen LogP contribution is 2.43. The van der Waals surface area contributed by atoms with Crippen LogP contribution >= 0.6 is 11.3 Å². The van der Waals surface area contributed by atoms with Gasteiger partial charge in [-0.2, -0.15) is 0 Å². The van der Waals surface area contributed by atoms with E-state index in [-0.39, 0.29) is 5.91 Å². The first-order valence-corrected chi connectivity index (χ1v) is 9.08. The van der Waals surface area contributed by atoms with Gasteiger partial charge in [0.15, 0.2) is 0 Å². The molecule has 22 heavy (non-hydrogen) atoms. The number of rotatable bonds is 3. The molecule has 1 N–H and O–H groups in total. The number of aliphatic carboxylic acids is 1. The number of carboxylic acids is 1. The van der Waals surface area contributed by atoms with E-state index in [4.69, 9.17) is 0 Å². The zero-order valence-corrected chi connectivity index (χ0v) is 13.6. The molecule has 0 radical (unpaired) electrons. The van der Waals surface area contributed by atoms with Crippen molar-refractivity contribution in [3.63, 3.8) is 0 Å². The summed E-state index contributed by atoms with van der Waals surface area (Å²) in [5, 5.41) is 11.3. The van der Waals surface area contributed by atoms with Gasteiger partial charge in [-0.15, -0.1) is 11.3 Å². The van der Waals surface area contributed by atoms with Crippen LogP contribution in [0.4, 0.5) is 0 Å². The van der Waals surface area contributed by atoms with Gasteiger partial charge in [0.05, 0.1) is 11.3 Å². The van der Waals surface area contributed by atoms with Crippen LogP contribution in [0, 0.1) is 5.92 Å². The Morgan fingerprint density at radius 3 is 2.64 bits per heavy atom. The lowest BCUT2D eigenvalue weighted by molar-refractivity contribution is -0.148. The SMILES string of the molecule is O=C(O)C1CCCN(C(=O)C2(c3cccs3)CCCCC2)C1. The normalized spacial score (nSPS) is 24.9. The third-order valence-electron chi connectivity index (χ3n) is 5.17. The van der Waals surface area contributed by atoms with E-state index in [1.807, 2.05) is 16.3 Å². The minimum atomic E-state index is -0.772. The minimum Gasteiger partial charge on any atom is -0.481 e. The molecule has 1 aliphatic heterocycles. The molecule has 1 aromatic rings. The van der Waals surface area contributed by atoms with E-state index in [0.717, 1.165) is 37.0 Å². The standard InChI is InChI=1S/C17H23NO3S/c19-15(20)13-6-4-10-18(12-13)16(21)17(8-2-1-3-9-17)14-7-5-11-22-14/h5,7,11,13H,1-4,6,8-10,12H2,(H,19,20). The van der Waals surface area contributed by atoms with E-state index in [1.165, 1.54) is 6.42 Å². The van der Waals surface area contributed by atoms with Crippen molar-refractivity contribution in [1.29, 1.82) is 0 Å². The van der Waals surface area contributed by atoms with Crippen molar-refractivity contribution in [3.8, 4) is 0 Å². The predicted molar refractivity (Wildman–Crippen MR) is 86.0 cm³/mol. The summed E-state index contributed by atoms with van der Waals surface area (Å²) >= 11 is 1.66. The smallest absolute Gasteiger partial charge is 0.308 e. The van der Waals surface area contributed by atoms with Crippen LogP contribution in [-0.2, 0) is 15.0 Å². The second-order valence-electron chi connectivity index (χ2n) is 6.55. The van der Waals surface area contributed by atoms with Gasteiger partial charge < -0.3 is 10.0 Å². The summed E-state index contributed by atoms with van der Waals surface area (Å²) in [6.07, 6.45) is 6.65. The highest BCUT2D eigenvalue weighted by Gasteiger charge is 2.45. The van der Waals surface area contributed by atoms with Crippen molar-refractivity contribution in [3.05, 3.63) is 22.4 Å². The third kappa shape index (κ3) is 2.78. The van der Waals surface area contributed by atoms with Gasteiger partial charge in [0, 0.05) is 18.0 Å². The van der Waals surface area contributed by atoms with Crippen LogP contribution in [0.3, 0.4) is 0 Å². The maximum absolute atomic E-state index is 13.3. The quantitative estimate of drug-likeness (QED) is 0.929. The molecule has 0 aromatic carbocycles. The van der Waals surface area contributed by atoms with Gasteiger partial charge >= 0.3 is 5.97 Å². The zero-order chi connectivity index (χ0) is 15.6. The van der Waals surface area contributed by atoms with Crippen LogP contribution in [0.1, 0.15) is 49.8 Å². The summed E-state index contributed by atoms with van der Waals surface area (Å²) in [4.78, 5) is 27.5. The van der Waals surface area contributed by atoms with Gasteiger partial charge in [-0.05, 0) is 37.1 Å². The summed E-state index contributed by atoms with van der Waals surface area (Å²) in [7, 11) is 0. The summed E-state index contributed by atoms with van der Waals surface area (Å²) < 4.78 is 0. The molecule has 4 nitrogen and oxygen atoms in total. The maximum Gasteiger partial charge on any atom is 0.308 e. The average Bonchev–Trinajstić information content (AvgIpc) is 3.10. The first kappa shape index (κ1) is 15.5. The van der Waals surface area contributed by atoms with Gasteiger partial charge in [0.1, 0.15) is 0 Å². The van der Waals surface area contributed by atoms with E-state index in [1.54, 1.807) is 11.3 Å². The first-order valence-electron chi connectivity index (χ1n) is 8.20. The Hall–Kier alpha value is -1.36. The number of likely N-dealkylation sites (tertiary alicyclic amines) is 1. The zero-order valence-electron chi connectivity index (χ0n) is 12.8.